The summed E-state index contributed by atoms with van der Waals surface area (Å²) in [7, 11) is 0. The number of aromatic amines is 1. The number of aromatic nitrogens is 2. The fraction of sp³-hybridized carbons (Fsp3) is 0.562. The number of imidazole rings is 1. The van der Waals surface area contributed by atoms with Gasteiger partial charge in [-0.05, 0) is 49.6 Å². The van der Waals surface area contributed by atoms with Crippen molar-refractivity contribution in [3.05, 3.63) is 70.4 Å². The van der Waals surface area contributed by atoms with Crippen LogP contribution in [0.25, 0.3) is 0 Å². The van der Waals surface area contributed by atoms with Gasteiger partial charge in [-0.25, -0.2) is 4.98 Å². The zero-order chi connectivity index (χ0) is 25.8. The van der Waals surface area contributed by atoms with Crippen molar-refractivity contribution < 1.29 is 9.53 Å². The third kappa shape index (κ3) is 13.1. The summed E-state index contributed by atoms with van der Waals surface area (Å²) in [5, 5.41) is 2.18. The summed E-state index contributed by atoms with van der Waals surface area (Å²) in [5.74, 6) is 1.17. The number of nitrogens with one attached hydrogen (secondary N) is 1. The number of para-hydroxylation sites is 1. The first kappa shape index (κ1) is 29.2. The largest absolute Gasteiger partial charge is 0.493 e. The molecule has 37 heavy (non-hydrogen) atoms. The van der Waals surface area contributed by atoms with E-state index in [2.05, 4.69) is 27.5 Å². The highest BCUT2D eigenvalue weighted by Crippen LogP contribution is 2.21. The average Bonchev–Trinajstić information content (AvgIpc) is 3.62. The first-order chi connectivity index (χ1) is 18.3. The fourth-order valence-electron chi connectivity index (χ4n) is 4.80. The number of aryl methyl sites for hydroxylation is 2. The van der Waals surface area contributed by atoms with Gasteiger partial charge in [0, 0.05) is 29.5 Å². The van der Waals surface area contributed by atoms with Gasteiger partial charge in [0.25, 0.3) is 0 Å². The lowest BCUT2D eigenvalue weighted by atomic mass is 10.0. The lowest BCUT2D eigenvalue weighted by molar-refractivity contribution is -0.118. The SMILES string of the molecule is O=C(CCCCCCCCCCCCCCc1cccs1)Cc1ccccc1OCCCc1c[nH]cn1. The van der Waals surface area contributed by atoms with Gasteiger partial charge in [-0.15, -0.1) is 11.3 Å². The minimum Gasteiger partial charge on any atom is -0.493 e. The van der Waals surface area contributed by atoms with Gasteiger partial charge < -0.3 is 9.72 Å². The Kier molecular flexibility index (Phi) is 14.8. The Morgan fingerprint density at radius 1 is 0.784 bits per heavy atom. The molecule has 0 amide bonds. The quantitative estimate of drug-likeness (QED) is 0.134. The third-order valence-corrected chi connectivity index (χ3v) is 7.89. The summed E-state index contributed by atoms with van der Waals surface area (Å²) in [6.07, 6.45) is 23.6. The van der Waals surface area contributed by atoms with E-state index in [1.807, 2.05) is 41.8 Å². The summed E-state index contributed by atoms with van der Waals surface area (Å²) in [5.41, 5.74) is 2.06. The molecular weight excluding hydrogens is 476 g/mol. The van der Waals surface area contributed by atoms with Gasteiger partial charge in [0.1, 0.15) is 11.5 Å². The summed E-state index contributed by atoms with van der Waals surface area (Å²) in [4.78, 5) is 21.3. The molecule has 1 N–H and O–H groups in total. The van der Waals surface area contributed by atoms with Crippen LogP contribution in [-0.2, 0) is 24.1 Å². The minimum absolute atomic E-state index is 0.322. The van der Waals surface area contributed by atoms with Crippen molar-refractivity contribution in [2.75, 3.05) is 6.61 Å². The highest BCUT2D eigenvalue weighted by molar-refractivity contribution is 7.09. The van der Waals surface area contributed by atoms with E-state index in [1.165, 1.54) is 81.9 Å². The Hall–Kier alpha value is -2.40. The van der Waals surface area contributed by atoms with E-state index < -0.39 is 0 Å². The van der Waals surface area contributed by atoms with Crippen molar-refractivity contribution in [2.45, 2.75) is 109 Å². The molecule has 0 bridgehead atoms. The van der Waals surface area contributed by atoms with Gasteiger partial charge in [-0.2, -0.15) is 0 Å². The molecule has 2 aromatic heterocycles. The molecule has 0 unspecified atom stereocenters. The van der Waals surface area contributed by atoms with Crippen LogP contribution < -0.4 is 4.74 Å². The number of H-pyrrole nitrogens is 1. The number of Topliss-reactive ketones (excluding diaryl/α,β-unsaturated/α-hetero) is 1. The molecule has 202 valence electrons. The average molecular weight is 523 g/mol. The predicted molar refractivity (Wildman–Crippen MR) is 156 cm³/mol. The van der Waals surface area contributed by atoms with E-state index in [9.17, 15) is 4.79 Å². The summed E-state index contributed by atoms with van der Waals surface area (Å²) < 4.78 is 5.98. The van der Waals surface area contributed by atoms with Gasteiger partial charge >= 0.3 is 0 Å². The van der Waals surface area contributed by atoms with Crippen LogP contribution in [0.15, 0.2) is 54.3 Å². The second kappa shape index (κ2) is 18.8. The van der Waals surface area contributed by atoms with Gasteiger partial charge in [0.05, 0.1) is 18.6 Å². The number of carbonyl (C=O) groups is 1. The van der Waals surface area contributed by atoms with Crippen LogP contribution >= 0.6 is 11.3 Å². The lowest BCUT2D eigenvalue weighted by Crippen LogP contribution is -2.06. The predicted octanol–water partition coefficient (Wildman–Crippen LogP) is 8.91. The number of hydrogen-bond donors (Lipinski definition) is 1. The summed E-state index contributed by atoms with van der Waals surface area (Å²) >= 11 is 1.89. The van der Waals surface area contributed by atoms with Crippen LogP contribution in [0.2, 0.25) is 0 Å². The van der Waals surface area contributed by atoms with Gasteiger partial charge in [-0.3, -0.25) is 4.79 Å². The first-order valence-corrected chi connectivity index (χ1v) is 15.4. The van der Waals surface area contributed by atoms with Crippen LogP contribution in [0, 0.1) is 0 Å². The Morgan fingerprint density at radius 3 is 2.16 bits per heavy atom. The van der Waals surface area contributed by atoms with Gasteiger partial charge in [0.2, 0.25) is 0 Å². The zero-order valence-corrected chi connectivity index (χ0v) is 23.4. The summed E-state index contributed by atoms with van der Waals surface area (Å²) in [6.45, 7) is 0.633. The molecule has 2 heterocycles. The molecule has 0 saturated heterocycles. The Labute approximate surface area is 228 Å². The molecule has 0 radical (unpaired) electrons. The van der Waals surface area contributed by atoms with Gasteiger partial charge in [-0.1, -0.05) is 88.5 Å². The van der Waals surface area contributed by atoms with Crippen molar-refractivity contribution in [1.82, 2.24) is 9.97 Å². The molecule has 0 atom stereocenters. The normalized spacial score (nSPS) is 11.1. The van der Waals surface area contributed by atoms with Crippen LogP contribution in [0.5, 0.6) is 5.75 Å². The number of carbonyl (C=O) groups excluding carboxylic acids is 1. The van der Waals surface area contributed by atoms with E-state index >= 15 is 0 Å². The van der Waals surface area contributed by atoms with Crippen molar-refractivity contribution >= 4 is 17.1 Å². The number of ether oxygens (including phenoxy) is 1. The maximum Gasteiger partial charge on any atom is 0.137 e. The molecule has 0 fully saturated rings. The number of ketones is 1. The van der Waals surface area contributed by atoms with Gasteiger partial charge in [0.15, 0.2) is 0 Å². The Morgan fingerprint density at radius 2 is 1.49 bits per heavy atom. The number of nitrogens with zero attached hydrogens (tertiary/aromatic N) is 1. The first-order valence-electron chi connectivity index (χ1n) is 14.5. The monoisotopic (exact) mass is 522 g/mol. The number of rotatable bonds is 22. The van der Waals surface area contributed by atoms with Crippen LogP contribution in [0.3, 0.4) is 0 Å². The van der Waals surface area contributed by atoms with Crippen LogP contribution in [0.1, 0.15) is 106 Å². The number of hydrogen-bond acceptors (Lipinski definition) is 4. The van der Waals surface area contributed by atoms with E-state index in [1.54, 1.807) is 6.33 Å². The fourth-order valence-corrected chi connectivity index (χ4v) is 5.55. The maximum absolute atomic E-state index is 12.5. The molecular formula is C32H46N2O2S. The second-order valence-corrected chi connectivity index (χ2v) is 11.2. The second-order valence-electron chi connectivity index (χ2n) is 10.2. The van der Waals surface area contributed by atoms with Crippen LogP contribution in [-0.4, -0.2) is 22.4 Å². The maximum atomic E-state index is 12.5. The lowest BCUT2D eigenvalue weighted by Gasteiger charge is -2.11. The highest BCUT2D eigenvalue weighted by atomic mass is 32.1. The summed E-state index contributed by atoms with van der Waals surface area (Å²) in [6, 6.07) is 12.4. The van der Waals surface area contributed by atoms with E-state index in [-0.39, 0.29) is 0 Å². The minimum atomic E-state index is 0.322. The zero-order valence-electron chi connectivity index (χ0n) is 22.6. The van der Waals surface area contributed by atoms with Crippen molar-refractivity contribution in [3.63, 3.8) is 0 Å². The topological polar surface area (TPSA) is 55.0 Å². The molecule has 3 rings (SSSR count). The van der Waals surface area contributed by atoms with Crippen molar-refractivity contribution in [2.24, 2.45) is 0 Å². The molecule has 0 aliphatic rings. The Balaban J connectivity index is 1.12. The Bertz CT molecular complexity index is 953. The highest BCUT2D eigenvalue weighted by Gasteiger charge is 2.09. The molecule has 5 heteroatoms. The standard InChI is InChI=1S/C32H46N2O2S/c35-30(25-28-17-13-14-22-32(28)36-23-15-18-29-26-33-27-34-29)19-11-9-7-5-3-1-2-4-6-8-10-12-20-31-21-16-24-37-31/h13-14,16-17,21-22,24,26-27H,1-12,15,18-20,23,25H2,(H,33,34). The molecule has 3 aromatic rings. The smallest absolute Gasteiger partial charge is 0.137 e. The molecule has 0 saturated carbocycles. The third-order valence-electron chi connectivity index (χ3n) is 6.96. The number of unbranched alkanes of at least 4 members (excludes halogenated alkanes) is 11. The number of benzene rings is 1. The van der Waals surface area contributed by atoms with E-state index in [4.69, 9.17) is 4.74 Å². The van der Waals surface area contributed by atoms with E-state index in [0.717, 1.165) is 36.3 Å². The molecule has 1 aromatic carbocycles. The molecule has 0 aliphatic carbocycles. The molecule has 4 nitrogen and oxygen atoms in total. The number of thiophene rings is 1. The van der Waals surface area contributed by atoms with Crippen molar-refractivity contribution in [1.29, 1.82) is 0 Å². The van der Waals surface area contributed by atoms with Crippen molar-refractivity contribution in [3.8, 4) is 5.75 Å². The molecule has 0 spiro atoms. The van der Waals surface area contributed by atoms with Crippen LogP contribution in [0.4, 0.5) is 0 Å². The molecule has 0 aliphatic heterocycles. The van der Waals surface area contributed by atoms with E-state index in [0.29, 0.717) is 25.2 Å².